The van der Waals surface area contributed by atoms with Crippen LogP contribution in [0.3, 0.4) is 0 Å². The molecule has 1 saturated heterocycles. The van der Waals surface area contributed by atoms with Crippen molar-refractivity contribution in [2.45, 2.75) is 32.3 Å². The molecule has 8 nitrogen and oxygen atoms in total. The van der Waals surface area contributed by atoms with Crippen LogP contribution >= 0.6 is 11.3 Å². The van der Waals surface area contributed by atoms with Gasteiger partial charge in [0.25, 0.3) is 11.8 Å². The van der Waals surface area contributed by atoms with Gasteiger partial charge in [0.2, 0.25) is 5.91 Å². The number of nitrogens with two attached hydrogens (primary N) is 1. The minimum absolute atomic E-state index is 0.0702. The average molecular weight is 415 g/mol. The molecule has 3 amide bonds. The number of carbonyl (C=O) groups is 4. The molecule has 1 aliphatic rings. The fraction of sp³-hybridized carbons (Fsp3) is 0.300. The lowest BCUT2D eigenvalue weighted by Crippen LogP contribution is -2.35. The fourth-order valence-corrected chi connectivity index (χ4v) is 3.75. The average Bonchev–Trinajstić information content (AvgIpc) is 3.17. The molecule has 3 N–H and O–H groups in total. The van der Waals surface area contributed by atoms with Gasteiger partial charge in [-0.25, -0.2) is 4.79 Å². The molecule has 1 fully saturated rings. The van der Waals surface area contributed by atoms with Crippen LogP contribution in [0.15, 0.2) is 35.7 Å². The lowest BCUT2D eigenvalue weighted by atomic mass is 10.1. The number of primary amides is 1. The minimum Gasteiger partial charge on any atom is -0.449 e. The first kappa shape index (κ1) is 20.5. The number of hydrogen-bond acceptors (Lipinski definition) is 6. The van der Waals surface area contributed by atoms with E-state index in [4.69, 9.17) is 10.5 Å². The van der Waals surface area contributed by atoms with Crippen molar-refractivity contribution in [3.63, 3.8) is 0 Å². The molecule has 2 heterocycles. The predicted molar refractivity (Wildman–Crippen MR) is 109 cm³/mol. The summed E-state index contributed by atoms with van der Waals surface area (Å²) in [5, 5.41) is 4.48. The summed E-state index contributed by atoms with van der Waals surface area (Å²) in [7, 11) is 0. The topological polar surface area (TPSA) is 119 Å². The van der Waals surface area contributed by atoms with Crippen molar-refractivity contribution in [2.24, 2.45) is 5.73 Å². The van der Waals surface area contributed by atoms with Crippen molar-refractivity contribution < 1.29 is 23.9 Å². The van der Waals surface area contributed by atoms with Crippen molar-refractivity contribution >= 4 is 45.7 Å². The third-order valence-electron chi connectivity index (χ3n) is 4.56. The Bertz CT molecular complexity index is 938. The Morgan fingerprint density at radius 1 is 1.17 bits per heavy atom. The van der Waals surface area contributed by atoms with E-state index in [1.54, 1.807) is 34.5 Å². The molecule has 0 aliphatic carbocycles. The van der Waals surface area contributed by atoms with E-state index in [1.807, 2.05) is 0 Å². The second kappa shape index (κ2) is 8.87. The lowest BCUT2D eigenvalue weighted by molar-refractivity contribution is -0.123. The van der Waals surface area contributed by atoms with Crippen LogP contribution in [-0.4, -0.2) is 36.3 Å². The van der Waals surface area contributed by atoms with Crippen LogP contribution in [0.5, 0.6) is 0 Å². The van der Waals surface area contributed by atoms with Gasteiger partial charge in [-0.2, -0.15) is 0 Å². The Morgan fingerprint density at radius 3 is 2.55 bits per heavy atom. The molecule has 1 aliphatic heterocycles. The Kier molecular flexibility index (Phi) is 6.28. The molecule has 0 bridgehead atoms. The van der Waals surface area contributed by atoms with Gasteiger partial charge in [-0.1, -0.05) is 0 Å². The maximum absolute atomic E-state index is 12.3. The largest absolute Gasteiger partial charge is 0.449 e. The molecule has 1 unspecified atom stereocenters. The summed E-state index contributed by atoms with van der Waals surface area (Å²) in [4.78, 5) is 49.6. The number of benzene rings is 1. The molecule has 0 saturated carbocycles. The van der Waals surface area contributed by atoms with Crippen molar-refractivity contribution in [1.29, 1.82) is 0 Å². The van der Waals surface area contributed by atoms with Crippen LogP contribution in [-0.2, 0) is 14.3 Å². The van der Waals surface area contributed by atoms with Crippen molar-refractivity contribution in [3.05, 3.63) is 46.8 Å². The number of hydrogen-bond donors (Lipinski definition) is 2. The van der Waals surface area contributed by atoms with Gasteiger partial charge in [-0.05, 0) is 55.5 Å². The molecule has 9 heteroatoms. The Hall–Kier alpha value is -3.20. The summed E-state index contributed by atoms with van der Waals surface area (Å²) in [5.41, 5.74) is 6.45. The zero-order chi connectivity index (χ0) is 21.0. The van der Waals surface area contributed by atoms with E-state index in [-0.39, 0.29) is 17.0 Å². The monoisotopic (exact) mass is 415 g/mol. The van der Waals surface area contributed by atoms with Crippen LogP contribution in [0, 0.1) is 0 Å². The third-order valence-corrected chi connectivity index (χ3v) is 5.39. The van der Waals surface area contributed by atoms with E-state index in [2.05, 4.69) is 5.32 Å². The molecule has 152 valence electrons. The zero-order valence-electron chi connectivity index (χ0n) is 15.8. The molecule has 3 rings (SSSR count). The smallest absolute Gasteiger partial charge is 0.338 e. The van der Waals surface area contributed by atoms with Gasteiger partial charge < -0.3 is 20.7 Å². The first-order valence-electron chi connectivity index (χ1n) is 9.16. The molecule has 1 aromatic heterocycles. The number of nitrogens with one attached hydrogen (secondary N) is 1. The van der Waals surface area contributed by atoms with Crippen LogP contribution in [0.1, 0.15) is 46.9 Å². The number of carbonyl (C=O) groups excluding carboxylic acids is 4. The van der Waals surface area contributed by atoms with Gasteiger partial charge in [0.15, 0.2) is 6.10 Å². The highest BCUT2D eigenvalue weighted by Crippen LogP contribution is 2.24. The maximum atomic E-state index is 12.3. The Balaban J connectivity index is 1.60. The first-order valence-corrected chi connectivity index (χ1v) is 10.0. The molecule has 0 radical (unpaired) electrons. The normalized spacial score (nSPS) is 14.9. The molecule has 2 aromatic rings. The predicted octanol–water partition coefficient (Wildman–Crippen LogP) is 2.55. The lowest BCUT2D eigenvalue weighted by Gasteiger charge is -2.26. The van der Waals surface area contributed by atoms with E-state index in [0.29, 0.717) is 18.0 Å². The number of nitrogens with zero attached hydrogens (tertiary/aromatic N) is 1. The van der Waals surface area contributed by atoms with Gasteiger partial charge >= 0.3 is 5.97 Å². The van der Waals surface area contributed by atoms with Gasteiger partial charge in [-0.15, -0.1) is 11.3 Å². The van der Waals surface area contributed by atoms with Gasteiger partial charge in [0, 0.05) is 18.7 Å². The Morgan fingerprint density at radius 2 is 1.90 bits per heavy atom. The number of anilines is 2. The van der Waals surface area contributed by atoms with Crippen LogP contribution in [0.25, 0.3) is 0 Å². The number of esters is 1. The molecule has 0 spiro atoms. The van der Waals surface area contributed by atoms with Gasteiger partial charge in [-0.3, -0.25) is 14.4 Å². The standard InChI is InChI=1S/C20H21N3O5S/c1-12(18(26)22-19-15(17(21)25)9-11-29-19)28-20(27)13-5-7-14(8-6-13)23-10-3-2-4-16(23)24/h5-9,11-12H,2-4,10H2,1H3,(H2,21,25)(H,22,26). The molecule has 1 atom stereocenters. The molecular weight excluding hydrogens is 394 g/mol. The van der Waals surface area contributed by atoms with Crippen LogP contribution in [0.2, 0.25) is 0 Å². The number of ether oxygens (including phenoxy) is 1. The fourth-order valence-electron chi connectivity index (χ4n) is 2.95. The van der Waals surface area contributed by atoms with Crippen LogP contribution < -0.4 is 16.0 Å². The summed E-state index contributed by atoms with van der Waals surface area (Å²) >= 11 is 1.15. The van der Waals surface area contributed by atoms with Crippen LogP contribution in [0.4, 0.5) is 10.7 Å². The first-order chi connectivity index (χ1) is 13.9. The molecule has 1 aromatic carbocycles. The number of rotatable bonds is 6. The van der Waals surface area contributed by atoms with E-state index in [9.17, 15) is 19.2 Å². The van der Waals surface area contributed by atoms with Gasteiger partial charge in [0.05, 0.1) is 11.1 Å². The molecule has 29 heavy (non-hydrogen) atoms. The summed E-state index contributed by atoms with van der Waals surface area (Å²) in [6, 6.07) is 8.02. The highest BCUT2D eigenvalue weighted by molar-refractivity contribution is 7.14. The van der Waals surface area contributed by atoms with Crippen molar-refractivity contribution in [3.8, 4) is 0 Å². The van der Waals surface area contributed by atoms with Crippen molar-refractivity contribution in [2.75, 3.05) is 16.8 Å². The highest BCUT2D eigenvalue weighted by Gasteiger charge is 2.23. The number of amides is 3. The number of piperidine rings is 1. The molecular formula is C20H21N3O5S. The summed E-state index contributed by atoms with van der Waals surface area (Å²) in [6.45, 7) is 2.10. The highest BCUT2D eigenvalue weighted by atomic mass is 32.1. The second-order valence-corrected chi connectivity index (χ2v) is 7.53. The Labute approximate surface area is 171 Å². The SMILES string of the molecule is CC(OC(=O)c1ccc(N2CCCCC2=O)cc1)C(=O)Nc1sccc1C(N)=O. The summed E-state index contributed by atoms with van der Waals surface area (Å²) < 4.78 is 5.21. The minimum atomic E-state index is -1.08. The van der Waals surface area contributed by atoms with E-state index < -0.39 is 23.9 Å². The summed E-state index contributed by atoms with van der Waals surface area (Å²) in [5.74, 6) is -1.82. The number of thiophene rings is 1. The van der Waals surface area contributed by atoms with E-state index in [1.165, 1.54) is 13.0 Å². The quantitative estimate of drug-likeness (QED) is 0.703. The van der Waals surface area contributed by atoms with Crippen molar-refractivity contribution in [1.82, 2.24) is 0 Å². The third kappa shape index (κ3) is 4.80. The second-order valence-electron chi connectivity index (χ2n) is 6.61. The summed E-state index contributed by atoms with van der Waals surface area (Å²) in [6.07, 6.45) is 1.29. The van der Waals surface area contributed by atoms with Gasteiger partial charge in [0.1, 0.15) is 5.00 Å². The van der Waals surface area contributed by atoms with E-state index in [0.717, 1.165) is 29.9 Å². The maximum Gasteiger partial charge on any atom is 0.338 e. The zero-order valence-corrected chi connectivity index (χ0v) is 16.7. The van der Waals surface area contributed by atoms with E-state index >= 15 is 0 Å².